The molecule has 0 aliphatic carbocycles. The van der Waals surface area contributed by atoms with Gasteiger partial charge in [0.15, 0.2) is 0 Å². The lowest BCUT2D eigenvalue weighted by molar-refractivity contribution is -0.113. The first-order valence-electron chi connectivity index (χ1n) is 10.1. The van der Waals surface area contributed by atoms with Crippen molar-refractivity contribution in [3.8, 4) is 11.5 Å². The van der Waals surface area contributed by atoms with Gasteiger partial charge in [0.2, 0.25) is 11.8 Å². The van der Waals surface area contributed by atoms with Crippen LogP contribution in [0.2, 0.25) is 0 Å². The summed E-state index contributed by atoms with van der Waals surface area (Å²) in [7, 11) is 0. The van der Waals surface area contributed by atoms with E-state index in [2.05, 4.69) is 21.6 Å². The molecule has 31 heavy (non-hydrogen) atoms. The standard InChI is InChI=1S/C23H26N4O3S/c1-5-27(6-2)22(29)17-8-7-9-19(13-17)24-20(28)14-31-23-26-25-21(30-23)18-11-15(3)10-16(4)12-18/h7-13H,5-6,14H2,1-4H3,(H,24,28). The fourth-order valence-corrected chi connectivity index (χ4v) is 3.79. The van der Waals surface area contributed by atoms with E-state index in [1.165, 1.54) is 11.8 Å². The molecule has 1 aromatic heterocycles. The van der Waals surface area contributed by atoms with Crippen LogP contribution in [0.1, 0.15) is 35.3 Å². The maximum absolute atomic E-state index is 12.5. The van der Waals surface area contributed by atoms with Crippen LogP contribution in [-0.4, -0.2) is 45.8 Å². The van der Waals surface area contributed by atoms with Gasteiger partial charge in [-0.1, -0.05) is 35.0 Å². The lowest BCUT2D eigenvalue weighted by Crippen LogP contribution is -2.30. The molecule has 0 fully saturated rings. The van der Waals surface area contributed by atoms with Crippen LogP contribution >= 0.6 is 11.8 Å². The van der Waals surface area contributed by atoms with Crippen LogP contribution in [0.25, 0.3) is 11.5 Å². The average Bonchev–Trinajstić information content (AvgIpc) is 3.22. The Balaban J connectivity index is 1.59. The Bertz CT molecular complexity index is 1060. The molecule has 3 aromatic rings. The van der Waals surface area contributed by atoms with E-state index in [0.717, 1.165) is 16.7 Å². The molecule has 0 atom stereocenters. The van der Waals surface area contributed by atoms with Crippen molar-refractivity contribution in [1.29, 1.82) is 0 Å². The zero-order valence-electron chi connectivity index (χ0n) is 18.1. The number of carbonyl (C=O) groups excluding carboxylic acids is 2. The highest BCUT2D eigenvalue weighted by Crippen LogP contribution is 2.25. The second-order valence-electron chi connectivity index (χ2n) is 7.14. The van der Waals surface area contributed by atoms with Crippen LogP contribution in [-0.2, 0) is 4.79 Å². The van der Waals surface area contributed by atoms with Crippen molar-refractivity contribution in [2.24, 2.45) is 0 Å². The molecule has 1 heterocycles. The molecule has 0 aliphatic rings. The quantitative estimate of drug-likeness (QED) is 0.519. The molecular formula is C23H26N4O3S. The zero-order chi connectivity index (χ0) is 22.4. The summed E-state index contributed by atoms with van der Waals surface area (Å²) in [5, 5.41) is 11.2. The van der Waals surface area contributed by atoms with E-state index < -0.39 is 0 Å². The molecule has 0 bridgehead atoms. The minimum atomic E-state index is -0.219. The molecule has 0 aliphatic heterocycles. The fraction of sp³-hybridized carbons (Fsp3) is 0.304. The van der Waals surface area contributed by atoms with Crippen molar-refractivity contribution in [3.05, 3.63) is 59.2 Å². The molecule has 0 unspecified atom stereocenters. The lowest BCUT2D eigenvalue weighted by Gasteiger charge is -2.19. The van der Waals surface area contributed by atoms with Crippen LogP contribution in [0.5, 0.6) is 0 Å². The number of hydrogen-bond donors (Lipinski definition) is 1. The minimum Gasteiger partial charge on any atom is -0.411 e. The zero-order valence-corrected chi connectivity index (χ0v) is 19.0. The topological polar surface area (TPSA) is 88.3 Å². The van der Waals surface area contributed by atoms with Crippen molar-refractivity contribution >= 4 is 29.3 Å². The van der Waals surface area contributed by atoms with E-state index in [9.17, 15) is 9.59 Å². The smallest absolute Gasteiger partial charge is 0.277 e. The number of anilines is 1. The summed E-state index contributed by atoms with van der Waals surface area (Å²) in [6.45, 7) is 9.17. The molecule has 0 spiro atoms. The van der Waals surface area contributed by atoms with Gasteiger partial charge in [0.25, 0.3) is 11.1 Å². The lowest BCUT2D eigenvalue weighted by atomic mass is 10.1. The van der Waals surface area contributed by atoms with Crippen LogP contribution in [0.15, 0.2) is 52.1 Å². The summed E-state index contributed by atoms with van der Waals surface area (Å²) >= 11 is 1.17. The van der Waals surface area contributed by atoms with Gasteiger partial charge in [0.1, 0.15) is 0 Å². The molecule has 8 heteroatoms. The maximum atomic E-state index is 12.5. The number of benzene rings is 2. The number of nitrogens with one attached hydrogen (secondary N) is 1. The van der Waals surface area contributed by atoms with Gasteiger partial charge in [-0.2, -0.15) is 0 Å². The van der Waals surface area contributed by atoms with Gasteiger partial charge in [0.05, 0.1) is 5.75 Å². The summed E-state index contributed by atoms with van der Waals surface area (Å²) < 4.78 is 5.69. The molecule has 1 N–H and O–H groups in total. The third-order valence-corrected chi connectivity index (χ3v) is 5.46. The molecular weight excluding hydrogens is 412 g/mol. The number of hydrogen-bond acceptors (Lipinski definition) is 6. The predicted molar refractivity (Wildman–Crippen MR) is 122 cm³/mol. The van der Waals surface area contributed by atoms with Gasteiger partial charge in [-0.25, -0.2) is 0 Å². The summed E-state index contributed by atoms with van der Waals surface area (Å²) in [5.41, 5.74) is 4.21. The fourth-order valence-electron chi connectivity index (χ4n) is 3.23. The number of rotatable bonds is 8. The van der Waals surface area contributed by atoms with Crippen molar-refractivity contribution in [2.45, 2.75) is 32.9 Å². The Labute approximate surface area is 186 Å². The number of amides is 2. The van der Waals surface area contributed by atoms with Crippen molar-refractivity contribution in [1.82, 2.24) is 15.1 Å². The summed E-state index contributed by atoms with van der Waals surface area (Å²) in [6.07, 6.45) is 0. The normalized spacial score (nSPS) is 10.7. The van der Waals surface area contributed by atoms with E-state index in [0.29, 0.717) is 35.5 Å². The van der Waals surface area contributed by atoms with Crippen molar-refractivity contribution in [3.63, 3.8) is 0 Å². The number of nitrogens with zero attached hydrogens (tertiary/aromatic N) is 3. The third kappa shape index (κ3) is 5.95. The average molecular weight is 439 g/mol. The summed E-state index contributed by atoms with van der Waals surface area (Å²) in [6, 6.07) is 13.0. The third-order valence-electron chi connectivity index (χ3n) is 4.65. The molecule has 0 radical (unpaired) electrons. The Kier molecular flexibility index (Phi) is 7.46. The van der Waals surface area contributed by atoms with Gasteiger partial charge >= 0.3 is 0 Å². The molecule has 2 aromatic carbocycles. The first-order chi connectivity index (χ1) is 14.9. The van der Waals surface area contributed by atoms with Gasteiger partial charge in [0, 0.05) is 29.9 Å². The number of aryl methyl sites for hydroxylation is 2. The molecule has 7 nitrogen and oxygen atoms in total. The van der Waals surface area contributed by atoms with E-state index >= 15 is 0 Å². The number of thioether (sulfide) groups is 1. The predicted octanol–water partition coefficient (Wildman–Crippen LogP) is 4.57. The Morgan fingerprint density at radius 1 is 1.03 bits per heavy atom. The Morgan fingerprint density at radius 2 is 1.74 bits per heavy atom. The minimum absolute atomic E-state index is 0.0553. The van der Waals surface area contributed by atoms with Crippen molar-refractivity contribution in [2.75, 3.05) is 24.2 Å². The summed E-state index contributed by atoms with van der Waals surface area (Å²) in [5.74, 6) is 0.268. The van der Waals surface area contributed by atoms with E-state index in [4.69, 9.17) is 4.42 Å². The van der Waals surface area contributed by atoms with Crippen LogP contribution in [0.4, 0.5) is 5.69 Å². The van der Waals surface area contributed by atoms with Crippen LogP contribution in [0, 0.1) is 13.8 Å². The second-order valence-corrected chi connectivity index (χ2v) is 8.07. The molecule has 0 saturated heterocycles. The highest BCUT2D eigenvalue weighted by Gasteiger charge is 2.15. The first-order valence-corrected chi connectivity index (χ1v) is 11.1. The summed E-state index contributed by atoms with van der Waals surface area (Å²) in [4.78, 5) is 26.6. The second kappa shape index (κ2) is 10.3. The number of carbonyl (C=O) groups is 2. The molecule has 0 saturated carbocycles. The molecule has 162 valence electrons. The van der Waals surface area contributed by atoms with Crippen molar-refractivity contribution < 1.29 is 14.0 Å². The van der Waals surface area contributed by atoms with Crippen LogP contribution in [0.3, 0.4) is 0 Å². The van der Waals surface area contributed by atoms with Gasteiger partial charge in [-0.05, 0) is 58.0 Å². The van der Waals surface area contributed by atoms with Gasteiger partial charge < -0.3 is 14.6 Å². The highest BCUT2D eigenvalue weighted by atomic mass is 32.2. The Morgan fingerprint density at radius 3 is 2.42 bits per heavy atom. The molecule has 3 rings (SSSR count). The maximum Gasteiger partial charge on any atom is 0.277 e. The largest absolute Gasteiger partial charge is 0.411 e. The SMILES string of the molecule is CCN(CC)C(=O)c1cccc(NC(=O)CSc2nnc(-c3cc(C)cc(C)c3)o2)c1. The van der Waals surface area contributed by atoms with Gasteiger partial charge in [-0.15, -0.1) is 10.2 Å². The Hall–Kier alpha value is -3.13. The number of aromatic nitrogens is 2. The van der Waals surface area contributed by atoms with E-state index in [1.807, 2.05) is 39.8 Å². The first kappa shape index (κ1) is 22.6. The molecule has 2 amide bonds. The van der Waals surface area contributed by atoms with E-state index in [1.54, 1.807) is 29.2 Å². The van der Waals surface area contributed by atoms with E-state index in [-0.39, 0.29) is 17.6 Å². The van der Waals surface area contributed by atoms with Gasteiger partial charge in [-0.3, -0.25) is 9.59 Å². The monoisotopic (exact) mass is 438 g/mol. The highest BCUT2D eigenvalue weighted by molar-refractivity contribution is 7.99. The van der Waals surface area contributed by atoms with Crippen LogP contribution < -0.4 is 5.32 Å².